The summed E-state index contributed by atoms with van der Waals surface area (Å²) in [5.41, 5.74) is 4.40. The molecule has 9 N–H and O–H groups in total. The first-order valence-electron chi connectivity index (χ1n) is 27.0. The van der Waals surface area contributed by atoms with Crippen LogP contribution in [0.15, 0.2) is 0 Å². The number of primary amides is 1. The van der Waals surface area contributed by atoms with E-state index in [1.54, 1.807) is 20.8 Å². The van der Waals surface area contributed by atoms with Crippen LogP contribution in [0.25, 0.3) is 0 Å². The molecule has 0 aliphatic heterocycles. The molecule has 69 heavy (non-hydrogen) atoms. The van der Waals surface area contributed by atoms with Crippen LogP contribution in [0.1, 0.15) is 235 Å². The molecule has 0 spiro atoms. The number of nitrogens with two attached hydrogens (primary N) is 1. The van der Waals surface area contributed by atoms with Crippen LogP contribution < -0.4 is 43.0 Å². The molecule has 0 saturated carbocycles. The monoisotopic (exact) mass is 979 g/mol. The van der Waals surface area contributed by atoms with Gasteiger partial charge in [0.05, 0.1) is 0 Å². The molecule has 0 aromatic rings. The zero-order chi connectivity index (χ0) is 51.9. The van der Waals surface area contributed by atoms with Gasteiger partial charge < -0.3 is 47.7 Å². The van der Waals surface area contributed by atoms with Gasteiger partial charge in [0.25, 0.3) is 0 Å². The van der Waals surface area contributed by atoms with Gasteiger partial charge in [0.15, 0.2) is 0 Å². The van der Waals surface area contributed by atoms with Crippen LogP contribution in [0.5, 0.6) is 0 Å². The maximum atomic E-state index is 14.3. The van der Waals surface area contributed by atoms with Crippen LogP contribution >= 0.6 is 0 Å². The molecule has 400 valence electrons. The van der Waals surface area contributed by atoms with Crippen LogP contribution in [0.3, 0.4) is 0 Å². The van der Waals surface area contributed by atoms with Crippen molar-refractivity contribution >= 4 is 47.4 Å². The lowest BCUT2D eigenvalue weighted by Crippen LogP contribution is -2.59. The molecule has 5 unspecified atom stereocenters. The van der Waals surface area contributed by atoms with E-state index in [4.69, 9.17) is 10.5 Å². The fourth-order valence-corrected chi connectivity index (χ4v) is 7.71. The van der Waals surface area contributed by atoms with Crippen molar-refractivity contribution in [3.05, 3.63) is 0 Å². The van der Waals surface area contributed by atoms with E-state index in [-0.39, 0.29) is 17.7 Å². The van der Waals surface area contributed by atoms with E-state index < -0.39 is 65.5 Å². The van der Waals surface area contributed by atoms with Crippen molar-refractivity contribution in [3.63, 3.8) is 0 Å². The minimum absolute atomic E-state index is 0.0317. The van der Waals surface area contributed by atoms with Gasteiger partial charge in [-0.2, -0.15) is 0 Å². The number of ether oxygens (including phenoxy) is 1. The predicted molar refractivity (Wildman–Crippen MR) is 274 cm³/mol. The minimum Gasteiger partial charge on any atom is -0.444 e. The zero-order valence-electron chi connectivity index (χ0n) is 44.4. The Morgan fingerprint density at radius 1 is 0.391 bits per heavy atom. The molecular formula is C52H98N8O9. The highest BCUT2D eigenvalue weighted by Gasteiger charge is 2.33. The molecule has 0 radical (unpaired) electrons. The summed E-state index contributed by atoms with van der Waals surface area (Å²) in [5, 5.41) is 20.3. The number of nitrogens with one attached hydrogen (secondary N) is 7. The normalized spacial score (nSPS) is 13.4. The Kier molecular flexibility index (Phi) is 37.7. The molecule has 0 saturated heterocycles. The van der Waals surface area contributed by atoms with Crippen molar-refractivity contribution in [2.24, 2.45) is 5.73 Å². The highest BCUT2D eigenvalue weighted by molar-refractivity contribution is 5.96. The number of hydrogen-bond acceptors (Lipinski definition) is 9. The van der Waals surface area contributed by atoms with E-state index in [0.29, 0.717) is 103 Å². The molecule has 17 heteroatoms. The fraction of sp³-hybridized carbons (Fsp3) is 0.846. The number of hydrogen-bond donors (Lipinski definition) is 8. The topological polar surface area (TPSA) is 256 Å². The maximum Gasteiger partial charge on any atom is 0.408 e. The molecule has 0 fully saturated rings. The Morgan fingerprint density at radius 2 is 0.710 bits per heavy atom. The standard InChI is InChI=1S/C52H98N8O9/c1-9-14-21-30-39(46(63)55-38-29-20-27-36-45(62)54-37-28-19-26-35-44(53)61)56-47(64)40(31-22-15-10-2)57-48(65)41(32-23-16-11-3)58-49(66)42(33-24-17-12-4)59-50(67)43(34-25-18-13-5)60-51(68)69-52(6,7)8/h39-43H,9-38H2,1-8H3,(H2,53,61)(H,54,62)(H,55,63)(H,56,64)(H,57,65)(H,58,66)(H,59,67)(H,60,68). The molecule has 0 rings (SSSR count). The predicted octanol–water partition coefficient (Wildman–Crippen LogP) is 7.56. The van der Waals surface area contributed by atoms with E-state index in [2.05, 4.69) is 44.1 Å². The summed E-state index contributed by atoms with van der Waals surface area (Å²) in [6, 6.07) is -4.68. The van der Waals surface area contributed by atoms with E-state index >= 15 is 0 Å². The summed E-state index contributed by atoms with van der Waals surface area (Å²) >= 11 is 0. The SMILES string of the molecule is CCCCCC(NC(=O)OC(C)(C)C)C(=O)NC(CCCCC)C(=O)NC(CCCCC)C(=O)NC(CCCCC)C(=O)NC(CCCCC)C(=O)NCCCCCC(=O)NCCCCCC(N)=O. The van der Waals surface area contributed by atoms with Gasteiger partial charge in [-0.05, 0) is 78.6 Å². The second-order valence-electron chi connectivity index (χ2n) is 19.7. The van der Waals surface area contributed by atoms with E-state index in [1.165, 1.54) is 0 Å². The number of rotatable bonds is 42. The summed E-state index contributed by atoms with van der Waals surface area (Å²) in [6.07, 6.45) is 18.2. The number of unbranched alkanes of at least 4 members (excludes halogenated alkanes) is 14. The summed E-state index contributed by atoms with van der Waals surface area (Å²) in [6.45, 7) is 16.4. The first kappa shape index (κ1) is 64.6. The highest BCUT2D eigenvalue weighted by Crippen LogP contribution is 2.14. The third-order valence-electron chi connectivity index (χ3n) is 11.8. The lowest BCUT2D eigenvalue weighted by molar-refractivity contribution is -0.135. The summed E-state index contributed by atoms with van der Waals surface area (Å²) in [4.78, 5) is 106. The first-order chi connectivity index (χ1) is 32.9. The Labute approximate surface area is 416 Å². The van der Waals surface area contributed by atoms with Gasteiger partial charge in [0, 0.05) is 25.9 Å². The van der Waals surface area contributed by atoms with Gasteiger partial charge in [-0.1, -0.05) is 144 Å². The zero-order valence-corrected chi connectivity index (χ0v) is 44.4. The maximum absolute atomic E-state index is 14.3. The van der Waals surface area contributed by atoms with Crippen LogP contribution in [-0.2, 0) is 38.3 Å². The molecule has 0 heterocycles. The Morgan fingerprint density at radius 3 is 1.04 bits per heavy atom. The van der Waals surface area contributed by atoms with E-state index in [9.17, 15) is 38.4 Å². The highest BCUT2D eigenvalue weighted by atomic mass is 16.6. The lowest BCUT2D eigenvalue weighted by Gasteiger charge is -2.28. The summed E-state index contributed by atoms with van der Waals surface area (Å²) in [7, 11) is 0. The van der Waals surface area contributed by atoms with Crippen LogP contribution in [0.4, 0.5) is 4.79 Å². The average molecular weight is 979 g/mol. The largest absolute Gasteiger partial charge is 0.444 e. The van der Waals surface area contributed by atoms with Crippen molar-refractivity contribution in [1.29, 1.82) is 0 Å². The second kappa shape index (κ2) is 40.3. The van der Waals surface area contributed by atoms with Gasteiger partial charge >= 0.3 is 6.09 Å². The van der Waals surface area contributed by atoms with Crippen molar-refractivity contribution in [1.82, 2.24) is 37.2 Å². The van der Waals surface area contributed by atoms with E-state index in [0.717, 1.165) is 89.9 Å². The number of carbonyl (C=O) groups is 8. The van der Waals surface area contributed by atoms with Gasteiger partial charge in [0.2, 0.25) is 41.4 Å². The summed E-state index contributed by atoms with van der Waals surface area (Å²) in [5.74, 6) is -2.66. The van der Waals surface area contributed by atoms with Crippen LogP contribution in [0.2, 0.25) is 0 Å². The molecular weight excluding hydrogens is 881 g/mol. The molecule has 5 atom stereocenters. The molecule has 17 nitrogen and oxygen atoms in total. The van der Waals surface area contributed by atoms with Crippen molar-refractivity contribution in [3.8, 4) is 0 Å². The van der Waals surface area contributed by atoms with Gasteiger partial charge in [-0.15, -0.1) is 0 Å². The molecule has 0 aliphatic carbocycles. The van der Waals surface area contributed by atoms with Crippen LogP contribution in [-0.4, -0.2) is 96.3 Å². The first-order valence-corrected chi connectivity index (χ1v) is 27.0. The molecule has 0 aliphatic rings. The third kappa shape index (κ3) is 34.5. The molecule has 0 aromatic heterocycles. The lowest BCUT2D eigenvalue weighted by atomic mass is 10.0. The van der Waals surface area contributed by atoms with Crippen molar-refractivity contribution in [2.45, 2.75) is 271 Å². The van der Waals surface area contributed by atoms with Crippen molar-refractivity contribution < 1.29 is 43.1 Å². The quantitative estimate of drug-likeness (QED) is 0.0281. The Hall–Kier alpha value is -4.44. The van der Waals surface area contributed by atoms with Crippen LogP contribution in [0, 0.1) is 0 Å². The molecule has 0 bridgehead atoms. The average Bonchev–Trinajstić information content (AvgIpc) is 3.28. The van der Waals surface area contributed by atoms with Gasteiger partial charge in [-0.25, -0.2) is 4.79 Å². The smallest absolute Gasteiger partial charge is 0.408 e. The van der Waals surface area contributed by atoms with Crippen molar-refractivity contribution in [2.75, 3.05) is 13.1 Å². The minimum atomic E-state index is -0.995. The number of carbonyl (C=O) groups excluding carboxylic acids is 8. The third-order valence-corrected chi connectivity index (χ3v) is 11.8. The van der Waals surface area contributed by atoms with E-state index in [1.807, 2.05) is 27.7 Å². The fourth-order valence-electron chi connectivity index (χ4n) is 7.71. The molecule has 0 aromatic carbocycles. The number of alkyl carbamates (subject to hydrolysis) is 1. The van der Waals surface area contributed by atoms with Gasteiger partial charge in [0.1, 0.15) is 35.8 Å². The Bertz CT molecular complexity index is 1470. The second-order valence-corrected chi connectivity index (χ2v) is 19.7. The Balaban J connectivity index is 6.03. The molecule has 8 amide bonds. The summed E-state index contributed by atoms with van der Waals surface area (Å²) < 4.78 is 5.45. The van der Waals surface area contributed by atoms with Gasteiger partial charge in [-0.3, -0.25) is 33.6 Å². The number of amides is 8.